The molecule has 10 heteroatoms. The molecule has 2 N–H and O–H groups in total. The lowest BCUT2D eigenvalue weighted by Gasteiger charge is -2.14. The van der Waals surface area contributed by atoms with Gasteiger partial charge in [0.05, 0.1) is 23.6 Å². The average molecular weight is 605 g/mol. The van der Waals surface area contributed by atoms with Crippen molar-refractivity contribution in [2.75, 3.05) is 18.2 Å². The summed E-state index contributed by atoms with van der Waals surface area (Å²) >= 11 is 1.51. The molecule has 0 fully saturated rings. The summed E-state index contributed by atoms with van der Waals surface area (Å²) in [5, 5.41) is 8.63. The number of hydrogen-bond donors (Lipinski definition) is 2. The van der Waals surface area contributed by atoms with Gasteiger partial charge < -0.3 is 15.0 Å². The standard InChI is InChI=1S/C25H28N6O2S.HI/c1-5-10-19-21-22(31(3)30-19)24(32)29-23(28-21)18-15-17(13-14-20(18)33-6-2)27-25(34-4)26-16-11-8-7-9-12-16;/h7-9,11-15H,5-6,10H2,1-4H3,(H,26,27)(H,28,29,32);1H. The fourth-order valence-corrected chi connectivity index (χ4v) is 4.14. The van der Waals surface area contributed by atoms with Gasteiger partial charge in [0.25, 0.3) is 5.56 Å². The third-order valence-corrected chi connectivity index (χ3v) is 5.80. The molecule has 2 aromatic carbocycles. The molecule has 0 aliphatic carbocycles. The third kappa shape index (κ3) is 6.04. The van der Waals surface area contributed by atoms with Crippen LogP contribution in [0.2, 0.25) is 0 Å². The molecule has 8 nitrogen and oxygen atoms in total. The van der Waals surface area contributed by atoms with E-state index in [-0.39, 0.29) is 29.5 Å². The number of amidine groups is 1. The number of benzene rings is 2. The fraction of sp³-hybridized carbons (Fsp3) is 0.280. The number of aromatic amines is 1. The lowest BCUT2D eigenvalue weighted by molar-refractivity contribution is 0.341. The smallest absolute Gasteiger partial charge is 0.277 e. The molecule has 0 bridgehead atoms. The highest BCUT2D eigenvalue weighted by Gasteiger charge is 2.18. The second-order valence-electron chi connectivity index (χ2n) is 7.66. The topological polar surface area (TPSA) is 97.2 Å². The highest BCUT2D eigenvalue weighted by atomic mass is 127. The number of nitrogens with zero attached hydrogens (tertiary/aromatic N) is 4. The molecular formula is C25H29IN6O2S. The van der Waals surface area contributed by atoms with Gasteiger partial charge in [-0.3, -0.25) is 9.48 Å². The molecule has 0 radical (unpaired) electrons. The van der Waals surface area contributed by atoms with E-state index in [1.165, 1.54) is 11.8 Å². The number of rotatable bonds is 7. The van der Waals surface area contributed by atoms with Crippen molar-refractivity contribution in [3.05, 3.63) is 64.6 Å². The Morgan fingerprint density at radius 2 is 1.97 bits per heavy atom. The van der Waals surface area contributed by atoms with Gasteiger partial charge in [0, 0.05) is 12.7 Å². The molecule has 2 aromatic heterocycles. The van der Waals surface area contributed by atoms with Gasteiger partial charge in [0.2, 0.25) is 0 Å². The molecule has 0 amide bonds. The van der Waals surface area contributed by atoms with Crippen molar-refractivity contribution in [1.29, 1.82) is 0 Å². The van der Waals surface area contributed by atoms with Crippen LogP contribution in [-0.2, 0) is 13.5 Å². The Morgan fingerprint density at radius 3 is 2.66 bits per heavy atom. The Balaban J connectivity index is 0.00000342. The predicted octanol–water partition coefficient (Wildman–Crippen LogP) is 5.76. The SMILES string of the molecule is CCCc1nn(C)c2c(=O)[nH]c(-c3cc(NC(=Nc4ccccc4)SC)ccc3OCC)nc12.I. The first-order valence-electron chi connectivity index (χ1n) is 11.2. The van der Waals surface area contributed by atoms with Gasteiger partial charge in [-0.15, -0.1) is 24.0 Å². The number of anilines is 1. The fourth-order valence-electron chi connectivity index (χ4n) is 3.72. The number of aromatic nitrogens is 4. The lowest BCUT2D eigenvalue weighted by atomic mass is 10.1. The number of H-pyrrole nitrogens is 1. The average Bonchev–Trinajstić information content (AvgIpc) is 3.16. The number of thioether (sulfide) groups is 1. The zero-order valence-electron chi connectivity index (χ0n) is 20.2. The van der Waals surface area contributed by atoms with Crippen LogP contribution in [0.25, 0.3) is 22.4 Å². The summed E-state index contributed by atoms with van der Waals surface area (Å²) in [7, 11) is 1.77. The minimum absolute atomic E-state index is 0. The van der Waals surface area contributed by atoms with Crippen LogP contribution < -0.4 is 15.6 Å². The van der Waals surface area contributed by atoms with Gasteiger partial charge in [-0.25, -0.2) is 9.98 Å². The first-order chi connectivity index (χ1) is 16.5. The minimum Gasteiger partial charge on any atom is -0.493 e. The van der Waals surface area contributed by atoms with Crippen LogP contribution in [0.15, 0.2) is 58.3 Å². The molecule has 4 rings (SSSR count). The maximum atomic E-state index is 13.0. The van der Waals surface area contributed by atoms with E-state index in [0.29, 0.717) is 34.8 Å². The summed E-state index contributed by atoms with van der Waals surface area (Å²) in [6.07, 6.45) is 3.63. The summed E-state index contributed by atoms with van der Waals surface area (Å²) in [5.41, 5.74) is 4.05. The molecule has 0 saturated heterocycles. The summed E-state index contributed by atoms with van der Waals surface area (Å²) in [5.74, 6) is 1.09. The number of fused-ring (bicyclic) bond motifs is 1. The molecule has 0 spiro atoms. The number of halogens is 1. The molecule has 0 saturated carbocycles. The highest BCUT2D eigenvalue weighted by molar-refractivity contribution is 14.0. The van der Waals surface area contributed by atoms with E-state index < -0.39 is 0 Å². The Morgan fingerprint density at radius 1 is 1.20 bits per heavy atom. The van der Waals surface area contributed by atoms with Crippen LogP contribution in [0.1, 0.15) is 26.0 Å². The van der Waals surface area contributed by atoms with Crippen LogP contribution >= 0.6 is 35.7 Å². The quantitative estimate of drug-likeness (QED) is 0.158. The van der Waals surface area contributed by atoms with Gasteiger partial charge in [0.15, 0.2) is 10.7 Å². The van der Waals surface area contributed by atoms with Gasteiger partial charge >= 0.3 is 0 Å². The van der Waals surface area contributed by atoms with Gasteiger partial charge in [0.1, 0.15) is 17.1 Å². The molecule has 0 aliphatic rings. The molecular weight excluding hydrogens is 575 g/mol. The van der Waals surface area contributed by atoms with Crippen molar-refractivity contribution in [1.82, 2.24) is 19.7 Å². The summed E-state index contributed by atoms with van der Waals surface area (Å²) in [4.78, 5) is 25.4. The first kappa shape index (κ1) is 26.7. The first-order valence-corrected chi connectivity index (χ1v) is 12.4. The van der Waals surface area contributed by atoms with Crippen LogP contribution in [0.3, 0.4) is 0 Å². The second-order valence-corrected chi connectivity index (χ2v) is 8.45. The maximum Gasteiger partial charge on any atom is 0.277 e. The number of hydrogen-bond acceptors (Lipinski definition) is 6. The number of para-hydroxylation sites is 1. The van der Waals surface area contributed by atoms with E-state index in [1.54, 1.807) is 11.7 Å². The van der Waals surface area contributed by atoms with Crippen LogP contribution in [0.5, 0.6) is 5.75 Å². The monoisotopic (exact) mass is 604 g/mol. The minimum atomic E-state index is -0.228. The van der Waals surface area contributed by atoms with Crippen LogP contribution in [0, 0.1) is 0 Å². The van der Waals surface area contributed by atoms with E-state index in [1.807, 2.05) is 61.7 Å². The zero-order chi connectivity index (χ0) is 24.1. The predicted molar refractivity (Wildman–Crippen MR) is 156 cm³/mol. The summed E-state index contributed by atoms with van der Waals surface area (Å²) in [6.45, 7) is 4.50. The molecule has 4 aromatic rings. The van der Waals surface area contributed by atoms with E-state index >= 15 is 0 Å². The summed E-state index contributed by atoms with van der Waals surface area (Å²) < 4.78 is 7.46. The summed E-state index contributed by atoms with van der Waals surface area (Å²) in [6, 6.07) is 15.5. The number of aliphatic imine (C=N–C) groups is 1. The molecule has 0 unspecified atom stereocenters. The Labute approximate surface area is 225 Å². The molecule has 0 aliphatic heterocycles. The van der Waals surface area contributed by atoms with Crippen molar-refractivity contribution >= 4 is 63.3 Å². The maximum absolute atomic E-state index is 13.0. The van der Waals surface area contributed by atoms with Crippen molar-refractivity contribution < 1.29 is 4.74 Å². The zero-order valence-corrected chi connectivity index (χ0v) is 23.3. The molecule has 2 heterocycles. The van der Waals surface area contributed by atoms with Gasteiger partial charge in [-0.1, -0.05) is 43.3 Å². The van der Waals surface area contributed by atoms with Crippen LogP contribution in [-0.4, -0.2) is 37.8 Å². The molecule has 35 heavy (non-hydrogen) atoms. The van der Waals surface area contributed by atoms with Crippen molar-refractivity contribution in [3.63, 3.8) is 0 Å². The largest absolute Gasteiger partial charge is 0.493 e. The molecule has 0 atom stereocenters. The molecule has 184 valence electrons. The Kier molecular flexibility index (Phi) is 9.33. The number of aryl methyl sites for hydroxylation is 2. The van der Waals surface area contributed by atoms with Crippen molar-refractivity contribution in [2.24, 2.45) is 12.0 Å². The van der Waals surface area contributed by atoms with Gasteiger partial charge in [-0.2, -0.15) is 5.10 Å². The van der Waals surface area contributed by atoms with Crippen molar-refractivity contribution in [2.45, 2.75) is 26.7 Å². The van der Waals surface area contributed by atoms with Crippen molar-refractivity contribution in [3.8, 4) is 17.1 Å². The highest BCUT2D eigenvalue weighted by Crippen LogP contribution is 2.32. The van der Waals surface area contributed by atoms with E-state index in [4.69, 9.17) is 9.72 Å². The van der Waals surface area contributed by atoms with E-state index in [2.05, 4.69) is 27.3 Å². The second kappa shape index (κ2) is 12.2. The lowest BCUT2D eigenvalue weighted by Crippen LogP contribution is -2.13. The van der Waals surface area contributed by atoms with Gasteiger partial charge in [-0.05, 0) is 49.9 Å². The Hall–Kier alpha value is -2.86. The number of ether oxygens (including phenoxy) is 1. The normalized spacial score (nSPS) is 11.4. The number of nitrogens with one attached hydrogen (secondary N) is 2. The van der Waals surface area contributed by atoms with E-state index in [9.17, 15) is 4.79 Å². The Bertz CT molecular complexity index is 1380. The third-order valence-electron chi connectivity index (χ3n) is 5.22. The van der Waals surface area contributed by atoms with E-state index in [0.717, 1.165) is 35.1 Å². The van der Waals surface area contributed by atoms with Crippen LogP contribution in [0.4, 0.5) is 11.4 Å².